The van der Waals surface area contributed by atoms with Crippen LogP contribution < -0.4 is 5.73 Å². The van der Waals surface area contributed by atoms with E-state index >= 15 is 0 Å². The highest BCUT2D eigenvalue weighted by molar-refractivity contribution is 9.10. The van der Waals surface area contributed by atoms with Gasteiger partial charge in [0, 0.05) is 4.47 Å². The molecule has 0 aromatic heterocycles. The lowest BCUT2D eigenvalue weighted by Gasteiger charge is -2.15. The quantitative estimate of drug-likeness (QED) is 0.907. The van der Waals surface area contributed by atoms with Crippen molar-refractivity contribution in [2.75, 3.05) is 6.54 Å². The van der Waals surface area contributed by atoms with Gasteiger partial charge in [-0.2, -0.15) is 0 Å². The number of aliphatic hydroxyl groups is 1. The molecule has 2 aromatic rings. The number of benzene rings is 2. The van der Waals surface area contributed by atoms with Gasteiger partial charge in [0.2, 0.25) is 0 Å². The molecule has 0 aliphatic rings. The summed E-state index contributed by atoms with van der Waals surface area (Å²) >= 11 is 3.45. The lowest BCUT2D eigenvalue weighted by atomic mass is 9.96. The number of aliphatic hydroxyl groups excluding tert-OH is 1. The minimum Gasteiger partial charge on any atom is -0.384 e. The van der Waals surface area contributed by atoms with Crippen LogP contribution in [0, 0.1) is 6.92 Å². The highest BCUT2D eigenvalue weighted by Gasteiger charge is 2.13. The minimum atomic E-state index is -0.602. The predicted molar refractivity (Wildman–Crippen MR) is 82.1 cm³/mol. The molecule has 0 saturated heterocycles. The summed E-state index contributed by atoms with van der Waals surface area (Å²) in [6, 6.07) is 13.9. The third-order valence-corrected chi connectivity index (χ3v) is 3.73. The maximum Gasteiger partial charge on any atom is 0.104 e. The summed E-state index contributed by atoms with van der Waals surface area (Å²) in [6.07, 6.45) is 0.230. The van der Waals surface area contributed by atoms with E-state index in [4.69, 9.17) is 5.73 Å². The first-order valence-electron chi connectivity index (χ1n) is 6.35. The molecule has 0 spiro atoms. The molecule has 3 N–H and O–H groups in total. The van der Waals surface area contributed by atoms with Gasteiger partial charge in [-0.25, -0.2) is 0 Å². The van der Waals surface area contributed by atoms with Gasteiger partial charge in [-0.05, 0) is 54.3 Å². The van der Waals surface area contributed by atoms with E-state index in [1.165, 1.54) is 0 Å². The van der Waals surface area contributed by atoms with Crippen LogP contribution in [0.2, 0.25) is 0 Å². The fourth-order valence-electron chi connectivity index (χ4n) is 2.17. The standard InChI is InChI=1S/C16H18BrNO/c1-11-5-6-14(17)10-15(11)16(19)13-4-2-3-12(9-13)7-8-18/h2-6,9-10,16,19H,7-8,18H2,1H3. The van der Waals surface area contributed by atoms with Crippen molar-refractivity contribution in [3.63, 3.8) is 0 Å². The van der Waals surface area contributed by atoms with Gasteiger partial charge < -0.3 is 10.8 Å². The van der Waals surface area contributed by atoms with Crippen LogP contribution in [0.3, 0.4) is 0 Å². The van der Waals surface area contributed by atoms with Crippen molar-refractivity contribution < 1.29 is 5.11 Å². The van der Waals surface area contributed by atoms with E-state index in [1.54, 1.807) is 0 Å². The van der Waals surface area contributed by atoms with Crippen LogP contribution in [0.4, 0.5) is 0 Å². The Morgan fingerprint density at radius 1 is 1.21 bits per heavy atom. The fourth-order valence-corrected chi connectivity index (χ4v) is 2.55. The Bertz CT molecular complexity index is 568. The normalized spacial score (nSPS) is 12.4. The number of aryl methyl sites for hydroxylation is 1. The zero-order chi connectivity index (χ0) is 13.8. The van der Waals surface area contributed by atoms with Crippen molar-refractivity contribution in [1.29, 1.82) is 0 Å². The zero-order valence-corrected chi connectivity index (χ0v) is 12.5. The van der Waals surface area contributed by atoms with E-state index in [-0.39, 0.29) is 0 Å². The van der Waals surface area contributed by atoms with E-state index in [0.29, 0.717) is 6.54 Å². The third-order valence-electron chi connectivity index (χ3n) is 3.24. The molecule has 0 heterocycles. The first-order chi connectivity index (χ1) is 9.11. The van der Waals surface area contributed by atoms with Gasteiger partial charge in [0.25, 0.3) is 0 Å². The van der Waals surface area contributed by atoms with Crippen molar-refractivity contribution >= 4 is 15.9 Å². The topological polar surface area (TPSA) is 46.2 Å². The predicted octanol–water partition coefficient (Wildman–Crippen LogP) is 3.34. The Kier molecular flexibility index (Phi) is 4.75. The molecule has 1 unspecified atom stereocenters. The molecule has 0 radical (unpaired) electrons. The minimum absolute atomic E-state index is 0.602. The molecule has 0 amide bonds. The molecule has 0 fully saturated rings. The second kappa shape index (κ2) is 6.33. The second-order valence-corrected chi connectivity index (χ2v) is 5.60. The van der Waals surface area contributed by atoms with Crippen LogP contribution in [-0.2, 0) is 6.42 Å². The smallest absolute Gasteiger partial charge is 0.104 e. The third kappa shape index (κ3) is 3.44. The maximum atomic E-state index is 10.5. The summed E-state index contributed by atoms with van der Waals surface area (Å²) < 4.78 is 0.977. The van der Waals surface area contributed by atoms with Crippen molar-refractivity contribution in [2.24, 2.45) is 5.73 Å². The molecule has 2 aromatic carbocycles. The van der Waals surface area contributed by atoms with E-state index in [0.717, 1.165) is 33.1 Å². The lowest BCUT2D eigenvalue weighted by Crippen LogP contribution is -2.05. The van der Waals surface area contributed by atoms with Crippen molar-refractivity contribution in [3.8, 4) is 0 Å². The molecule has 0 aliphatic carbocycles. The number of hydrogen-bond donors (Lipinski definition) is 2. The van der Waals surface area contributed by atoms with Crippen LogP contribution in [0.5, 0.6) is 0 Å². The van der Waals surface area contributed by atoms with Gasteiger partial charge in [-0.15, -0.1) is 0 Å². The summed E-state index contributed by atoms with van der Waals surface area (Å²) in [6.45, 7) is 2.63. The Hall–Kier alpha value is -1.16. The summed E-state index contributed by atoms with van der Waals surface area (Å²) in [4.78, 5) is 0. The number of hydrogen-bond acceptors (Lipinski definition) is 2. The first kappa shape index (κ1) is 14.3. The van der Waals surface area contributed by atoms with Gasteiger partial charge in [-0.1, -0.05) is 46.3 Å². The summed E-state index contributed by atoms with van der Waals surface area (Å²) in [5.41, 5.74) is 9.65. The van der Waals surface area contributed by atoms with Crippen molar-refractivity contribution in [3.05, 3.63) is 69.2 Å². The summed E-state index contributed by atoms with van der Waals surface area (Å²) in [7, 11) is 0. The SMILES string of the molecule is Cc1ccc(Br)cc1C(O)c1cccc(CCN)c1. The Morgan fingerprint density at radius 2 is 2.00 bits per heavy atom. The molecular formula is C16H18BrNO. The van der Waals surface area contributed by atoms with E-state index in [2.05, 4.69) is 15.9 Å². The van der Waals surface area contributed by atoms with Crippen LogP contribution >= 0.6 is 15.9 Å². The van der Waals surface area contributed by atoms with Crippen LogP contribution in [0.15, 0.2) is 46.9 Å². The monoisotopic (exact) mass is 319 g/mol. The molecule has 100 valence electrons. The van der Waals surface area contributed by atoms with E-state index in [9.17, 15) is 5.11 Å². The molecule has 1 atom stereocenters. The molecule has 0 bridgehead atoms. The van der Waals surface area contributed by atoms with Crippen molar-refractivity contribution in [2.45, 2.75) is 19.4 Å². The number of halogens is 1. The van der Waals surface area contributed by atoms with Gasteiger partial charge >= 0.3 is 0 Å². The summed E-state index contributed by atoms with van der Waals surface area (Å²) in [5, 5.41) is 10.5. The highest BCUT2D eigenvalue weighted by Crippen LogP contribution is 2.27. The number of rotatable bonds is 4. The Morgan fingerprint density at radius 3 is 2.74 bits per heavy atom. The molecule has 19 heavy (non-hydrogen) atoms. The van der Waals surface area contributed by atoms with E-state index in [1.807, 2.05) is 49.4 Å². The fraction of sp³-hybridized carbons (Fsp3) is 0.250. The largest absolute Gasteiger partial charge is 0.384 e. The molecule has 0 aliphatic heterocycles. The molecular weight excluding hydrogens is 302 g/mol. The molecule has 2 nitrogen and oxygen atoms in total. The Balaban J connectivity index is 2.35. The second-order valence-electron chi connectivity index (χ2n) is 4.69. The average Bonchev–Trinajstić information content (AvgIpc) is 2.41. The lowest BCUT2D eigenvalue weighted by molar-refractivity contribution is 0.219. The van der Waals surface area contributed by atoms with Crippen molar-refractivity contribution in [1.82, 2.24) is 0 Å². The average molecular weight is 320 g/mol. The van der Waals surface area contributed by atoms with E-state index < -0.39 is 6.10 Å². The van der Waals surface area contributed by atoms with Gasteiger partial charge in [0.15, 0.2) is 0 Å². The van der Waals surface area contributed by atoms with Gasteiger partial charge in [0.1, 0.15) is 6.10 Å². The maximum absolute atomic E-state index is 10.5. The zero-order valence-electron chi connectivity index (χ0n) is 10.9. The van der Waals surface area contributed by atoms with Gasteiger partial charge in [-0.3, -0.25) is 0 Å². The molecule has 3 heteroatoms. The molecule has 0 saturated carbocycles. The molecule has 2 rings (SSSR count). The van der Waals surface area contributed by atoms with Gasteiger partial charge in [0.05, 0.1) is 0 Å². The summed E-state index contributed by atoms with van der Waals surface area (Å²) in [5.74, 6) is 0. The highest BCUT2D eigenvalue weighted by atomic mass is 79.9. The van der Waals surface area contributed by atoms with Crippen LogP contribution in [0.25, 0.3) is 0 Å². The first-order valence-corrected chi connectivity index (χ1v) is 7.14. The Labute approximate surface area is 122 Å². The van der Waals surface area contributed by atoms with Crippen LogP contribution in [0.1, 0.15) is 28.4 Å². The number of nitrogens with two attached hydrogens (primary N) is 1. The van der Waals surface area contributed by atoms with Crippen LogP contribution in [-0.4, -0.2) is 11.7 Å².